The van der Waals surface area contributed by atoms with Crippen LogP contribution >= 0.6 is 0 Å². The predicted molar refractivity (Wildman–Crippen MR) is 100 cm³/mol. The zero-order valence-electron chi connectivity index (χ0n) is 16.2. The van der Waals surface area contributed by atoms with Crippen LogP contribution < -0.4 is 0 Å². The first kappa shape index (κ1) is 21.1. The van der Waals surface area contributed by atoms with E-state index >= 15 is 0 Å². The first-order valence-electron chi connectivity index (χ1n) is 9.37. The molecule has 1 aromatic rings. The number of amides is 1. The molecular formula is C19H26F2N2O4S. The van der Waals surface area contributed by atoms with Gasteiger partial charge in [-0.15, -0.1) is 0 Å². The van der Waals surface area contributed by atoms with Crippen molar-refractivity contribution in [2.45, 2.75) is 43.7 Å². The summed E-state index contributed by atoms with van der Waals surface area (Å²) < 4.78 is 58.8. The number of hydrogen-bond donors (Lipinski definition) is 0. The van der Waals surface area contributed by atoms with Gasteiger partial charge in [-0.2, -0.15) is 4.31 Å². The number of piperidine rings is 1. The molecule has 2 aliphatic heterocycles. The third kappa shape index (κ3) is 4.06. The minimum Gasteiger partial charge on any atom is -0.383 e. The van der Waals surface area contributed by atoms with Gasteiger partial charge in [0.1, 0.15) is 0 Å². The SMILES string of the molecule is COCC1CCC2(CCN(C(=O)Cc3cccc(F)c3F)CC2)N1S(C)(=O)=O. The first-order valence-corrected chi connectivity index (χ1v) is 11.2. The number of carbonyl (C=O) groups is 1. The fourth-order valence-corrected chi connectivity index (χ4v) is 6.30. The number of benzene rings is 1. The molecule has 6 nitrogen and oxygen atoms in total. The van der Waals surface area contributed by atoms with Gasteiger partial charge < -0.3 is 9.64 Å². The third-order valence-corrected chi connectivity index (χ3v) is 7.28. The van der Waals surface area contributed by atoms with E-state index in [2.05, 4.69) is 0 Å². The second kappa shape index (κ2) is 8.04. The van der Waals surface area contributed by atoms with Gasteiger partial charge in [0, 0.05) is 37.3 Å². The van der Waals surface area contributed by atoms with E-state index in [1.54, 1.807) is 16.3 Å². The fraction of sp³-hybridized carbons (Fsp3) is 0.632. The highest BCUT2D eigenvalue weighted by molar-refractivity contribution is 7.88. The fourth-order valence-electron chi connectivity index (χ4n) is 4.62. The van der Waals surface area contributed by atoms with E-state index in [-0.39, 0.29) is 23.9 Å². The lowest BCUT2D eigenvalue weighted by atomic mass is 9.86. The Labute approximate surface area is 164 Å². The van der Waals surface area contributed by atoms with Crippen LogP contribution in [-0.4, -0.2) is 68.2 Å². The lowest BCUT2D eigenvalue weighted by molar-refractivity contribution is -0.132. The second-order valence-electron chi connectivity index (χ2n) is 7.70. The summed E-state index contributed by atoms with van der Waals surface area (Å²) in [7, 11) is -1.87. The van der Waals surface area contributed by atoms with Crippen LogP contribution in [0.15, 0.2) is 18.2 Å². The van der Waals surface area contributed by atoms with E-state index in [1.165, 1.54) is 18.4 Å². The number of hydrogen-bond acceptors (Lipinski definition) is 4. The highest BCUT2D eigenvalue weighted by Crippen LogP contribution is 2.43. The van der Waals surface area contributed by atoms with Gasteiger partial charge in [0.25, 0.3) is 0 Å². The predicted octanol–water partition coefficient (Wildman–Crippen LogP) is 1.94. The number of halogens is 2. The number of rotatable bonds is 5. The summed E-state index contributed by atoms with van der Waals surface area (Å²) in [6.45, 7) is 1.12. The minimum atomic E-state index is -3.42. The molecule has 1 amide bonds. The number of carbonyl (C=O) groups excluding carboxylic acids is 1. The monoisotopic (exact) mass is 416 g/mol. The molecule has 0 saturated carbocycles. The molecule has 0 N–H and O–H groups in total. The molecular weight excluding hydrogens is 390 g/mol. The molecule has 156 valence electrons. The summed E-state index contributed by atoms with van der Waals surface area (Å²) in [4.78, 5) is 14.2. The highest BCUT2D eigenvalue weighted by atomic mass is 32.2. The molecule has 0 radical (unpaired) electrons. The maximum Gasteiger partial charge on any atom is 0.227 e. The zero-order chi connectivity index (χ0) is 20.5. The molecule has 3 rings (SSSR count). The van der Waals surface area contributed by atoms with E-state index in [1.807, 2.05) is 0 Å². The topological polar surface area (TPSA) is 66.9 Å². The first-order chi connectivity index (χ1) is 13.2. The number of nitrogens with zero attached hydrogens (tertiary/aromatic N) is 2. The Morgan fingerprint density at radius 2 is 1.93 bits per heavy atom. The van der Waals surface area contributed by atoms with Crippen LogP contribution in [0.1, 0.15) is 31.2 Å². The minimum absolute atomic E-state index is 0.0316. The van der Waals surface area contributed by atoms with Crippen molar-refractivity contribution in [1.29, 1.82) is 0 Å². The Morgan fingerprint density at radius 3 is 2.54 bits per heavy atom. The zero-order valence-corrected chi connectivity index (χ0v) is 17.0. The normalized spacial score (nSPS) is 22.7. The Kier molecular flexibility index (Phi) is 6.07. The van der Waals surface area contributed by atoms with Gasteiger partial charge in [-0.05, 0) is 31.7 Å². The van der Waals surface area contributed by atoms with Crippen molar-refractivity contribution in [1.82, 2.24) is 9.21 Å². The van der Waals surface area contributed by atoms with Gasteiger partial charge in [-0.3, -0.25) is 4.79 Å². The van der Waals surface area contributed by atoms with Crippen LogP contribution in [0.5, 0.6) is 0 Å². The molecule has 1 unspecified atom stereocenters. The summed E-state index contributed by atoms with van der Waals surface area (Å²) in [6.07, 6.45) is 3.51. The van der Waals surface area contributed by atoms with E-state index in [0.717, 1.165) is 18.9 Å². The summed E-state index contributed by atoms with van der Waals surface area (Å²) in [5.41, 5.74) is -0.471. The maximum absolute atomic E-state index is 13.8. The van der Waals surface area contributed by atoms with Crippen LogP contribution in [-0.2, 0) is 26.0 Å². The van der Waals surface area contributed by atoms with Crippen molar-refractivity contribution in [2.24, 2.45) is 0 Å². The van der Waals surface area contributed by atoms with Crippen LogP contribution in [0.25, 0.3) is 0 Å². The smallest absolute Gasteiger partial charge is 0.227 e. The van der Waals surface area contributed by atoms with Crippen LogP contribution in [0, 0.1) is 11.6 Å². The molecule has 2 aliphatic rings. The van der Waals surface area contributed by atoms with Gasteiger partial charge in [0.2, 0.25) is 15.9 Å². The quantitative estimate of drug-likeness (QED) is 0.736. The second-order valence-corrected chi connectivity index (χ2v) is 9.56. The molecule has 0 aliphatic carbocycles. The number of methoxy groups -OCH3 is 1. The summed E-state index contributed by atoms with van der Waals surface area (Å²) in [5, 5.41) is 0. The molecule has 9 heteroatoms. The van der Waals surface area contributed by atoms with E-state index in [0.29, 0.717) is 32.5 Å². The Hall–Kier alpha value is -1.58. The molecule has 2 heterocycles. The lowest BCUT2D eigenvalue weighted by Gasteiger charge is -2.45. The van der Waals surface area contributed by atoms with E-state index in [4.69, 9.17) is 4.74 Å². The summed E-state index contributed by atoms with van der Waals surface area (Å²) in [5.74, 6) is -2.25. The molecule has 1 spiro atoms. The van der Waals surface area contributed by atoms with Gasteiger partial charge in [0.15, 0.2) is 11.6 Å². The molecule has 2 saturated heterocycles. The largest absolute Gasteiger partial charge is 0.383 e. The Morgan fingerprint density at radius 1 is 1.25 bits per heavy atom. The number of likely N-dealkylation sites (tertiary alicyclic amines) is 1. The van der Waals surface area contributed by atoms with Crippen LogP contribution in [0.4, 0.5) is 8.78 Å². The maximum atomic E-state index is 13.8. The van der Waals surface area contributed by atoms with Crippen LogP contribution in [0.3, 0.4) is 0 Å². The van der Waals surface area contributed by atoms with Gasteiger partial charge in [0.05, 0.1) is 19.3 Å². The standard InChI is InChI=1S/C19H26F2N2O4S/c1-27-13-15-6-7-19(23(15)28(2,25)26)8-10-22(11-9-19)17(24)12-14-4-3-5-16(20)18(14)21/h3-5,15H,6-13H2,1-2H3. The number of ether oxygens (including phenoxy) is 1. The third-order valence-electron chi connectivity index (χ3n) is 5.88. The molecule has 2 fully saturated rings. The average molecular weight is 416 g/mol. The van der Waals surface area contributed by atoms with Crippen molar-refractivity contribution < 1.29 is 26.7 Å². The van der Waals surface area contributed by atoms with Crippen molar-refractivity contribution >= 4 is 15.9 Å². The van der Waals surface area contributed by atoms with Gasteiger partial charge >= 0.3 is 0 Å². The van der Waals surface area contributed by atoms with E-state index < -0.39 is 27.2 Å². The van der Waals surface area contributed by atoms with Gasteiger partial charge in [-0.1, -0.05) is 12.1 Å². The van der Waals surface area contributed by atoms with Gasteiger partial charge in [-0.25, -0.2) is 17.2 Å². The van der Waals surface area contributed by atoms with Crippen LogP contribution in [0.2, 0.25) is 0 Å². The average Bonchev–Trinajstić information content (AvgIpc) is 2.98. The molecule has 0 aromatic heterocycles. The van der Waals surface area contributed by atoms with Crippen molar-refractivity contribution in [3.8, 4) is 0 Å². The number of sulfonamides is 1. The van der Waals surface area contributed by atoms with Crippen molar-refractivity contribution in [3.05, 3.63) is 35.4 Å². The molecule has 1 aromatic carbocycles. The molecule has 1 atom stereocenters. The summed E-state index contributed by atoms with van der Waals surface area (Å²) in [6, 6.07) is 3.61. The Balaban J connectivity index is 1.69. The highest BCUT2D eigenvalue weighted by Gasteiger charge is 2.52. The van der Waals surface area contributed by atoms with Crippen molar-refractivity contribution in [3.63, 3.8) is 0 Å². The van der Waals surface area contributed by atoms with E-state index in [9.17, 15) is 22.0 Å². The molecule has 0 bridgehead atoms. The lowest BCUT2D eigenvalue weighted by Crippen LogP contribution is -2.57. The Bertz CT molecular complexity index is 838. The van der Waals surface area contributed by atoms with Crippen molar-refractivity contribution in [2.75, 3.05) is 33.1 Å². The summed E-state index contributed by atoms with van der Waals surface area (Å²) >= 11 is 0. The molecule has 28 heavy (non-hydrogen) atoms.